The van der Waals surface area contributed by atoms with E-state index in [1.165, 1.54) is 0 Å². The number of anilines is 1. The molecule has 1 aromatic carbocycles. The zero-order chi connectivity index (χ0) is 13.3. The van der Waals surface area contributed by atoms with Crippen LogP contribution < -0.4 is 10.5 Å². The molecule has 0 unspecified atom stereocenters. The molecule has 0 saturated carbocycles. The Kier molecular flexibility index (Phi) is 3.06. The van der Waals surface area contributed by atoms with E-state index < -0.39 is 5.97 Å². The molecule has 94 valence electrons. The summed E-state index contributed by atoms with van der Waals surface area (Å²) in [6, 6.07) is 5.24. The summed E-state index contributed by atoms with van der Waals surface area (Å²) in [5, 5.41) is 9.81. The molecule has 0 bridgehead atoms. The van der Waals surface area contributed by atoms with Gasteiger partial charge in [-0.3, -0.25) is 4.98 Å². The van der Waals surface area contributed by atoms with Crippen molar-refractivity contribution in [3.63, 3.8) is 0 Å². The molecule has 0 radical (unpaired) electrons. The number of methoxy groups -OCH3 is 1. The van der Waals surface area contributed by atoms with E-state index in [4.69, 9.17) is 10.5 Å². The number of hydrogen-bond acceptors (Lipinski definition) is 4. The summed E-state index contributed by atoms with van der Waals surface area (Å²) in [4.78, 5) is 15.6. The zero-order valence-corrected chi connectivity index (χ0v) is 10.2. The van der Waals surface area contributed by atoms with Crippen molar-refractivity contribution < 1.29 is 14.6 Å². The van der Waals surface area contributed by atoms with Gasteiger partial charge in [0.1, 0.15) is 11.3 Å². The average molecular weight is 246 g/mol. The van der Waals surface area contributed by atoms with Gasteiger partial charge < -0.3 is 15.6 Å². The van der Waals surface area contributed by atoms with Gasteiger partial charge in [0.15, 0.2) is 0 Å². The van der Waals surface area contributed by atoms with E-state index in [-0.39, 0.29) is 11.3 Å². The van der Waals surface area contributed by atoms with Gasteiger partial charge in [0, 0.05) is 5.39 Å². The molecule has 0 amide bonds. The van der Waals surface area contributed by atoms with E-state index in [0.29, 0.717) is 28.8 Å². The number of carbonyl (C=O) groups is 1. The maximum atomic E-state index is 11.2. The summed E-state index contributed by atoms with van der Waals surface area (Å²) >= 11 is 0. The molecule has 0 spiro atoms. The van der Waals surface area contributed by atoms with Crippen LogP contribution in [-0.4, -0.2) is 23.2 Å². The van der Waals surface area contributed by atoms with Gasteiger partial charge in [-0.05, 0) is 24.6 Å². The predicted octanol–water partition coefficient (Wildman–Crippen LogP) is 2.09. The van der Waals surface area contributed by atoms with Gasteiger partial charge in [-0.2, -0.15) is 0 Å². The molecule has 3 N–H and O–H groups in total. The molecule has 0 aliphatic rings. The lowest BCUT2D eigenvalue weighted by Crippen LogP contribution is -2.09. The van der Waals surface area contributed by atoms with Crippen LogP contribution in [0.4, 0.5) is 5.69 Å². The lowest BCUT2D eigenvalue weighted by atomic mass is 10.0. The molecular weight excluding hydrogens is 232 g/mol. The van der Waals surface area contributed by atoms with Crippen LogP contribution in [0.15, 0.2) is 18.2 Å². The first-order valence-electron chi connectivity index (χ1n) is 5.57. The first-order valence-corrected chi connectivity index (χ1v) is 5.57. The molecular formula is C13H14N2O3. The number of aryl methyl sites for hydroxylation is 1. The van der Waals surface area contributed by atoms with Crippen LogP contribution in [0.1, 0.15) is 23.0 Å². The summed E-state index contributed by atoms with van der Waals surface area (Å²) in [5.41, 5.74) is 7.44. The van der Waals surface area contributed by atoms with Crippen LogP contribution in [-0.2, 0) is 6.42 Å². The number of benzene rings is 1. The second-order valence-electron chi connectivity index (χ2n) is 3.89. The SMILES string of the molecule is CCc1nc2ccc(OC)cc2c(N)c1C(=O)O. The summed E-state index contributed by atoms with van der Waals surface area (Å²) in [5.74, 6) is -0.432. The fourth-order valence-electron chi connectivity index (χ4n) is 1.94. The number of fused-ring (bicyclic) bond motifs is 1. The van der Waals surface area contributed by atoms with Crippen molar-refractivity contribution in [2.45, 2.75) is 13.3 Å². The van der Waals surface area contributed by atoms with E-state index in [0.717, 1.165) is 0 Å². The summed E-state index contributed by atoms with van der Waals surface area (Å²) in [7, 11) is 1.54. The monoisotopic (exact) mass is 246 g/mol. The molecule has 0 saturated heterocycles. The minimum Gasteiger partial charge on any atom is -0.497 e. The highest BCUT2D eigenvalue weighted by atomic mass is 16.5. The number of nitrogens with two attached hydrogens (primary N) is 1. The van der Waals surface area contributed by atoms with Gasteiger partial charge in [-0.25, -0.2) is 4.79 Å². The van der Waals surface area contributed by atoms with Gasteiger partial charge >= 0.3 is 5.97 Å². The van der Waals surface area contributed by atoms with Crippen molar-refractivity contribution in [3.8, 4) is 5.75 Å². The highest BCUT2D eigenvalue weighted by Crippen LogP contribution is 2.29. The van der Waals surface area contributed by atoms with Gasteiger partial charge in [-0.15, -0.1) is 0 Å². The van der Waals surface area contributed by atoms with E-state index in [9.17, 15) is 9.90 Å². The predicted molar refractivity (Wildman–Crippen MR) is 69.0 cm³/mol. The van der Waals surface area contributed by atoms with Gasteiger partial charge in [-0.1, -0.05) is 6.92 Å². The number of aromatic carboxylic acids is 1. The number of nitrogen functional groups attached to an aromatic ring is 1. The van der Waals surface area contributed by atoms with Crippen LogP contribution in [0, 0.1) is 0 Å². The van der Waals surface area contributed by atoms with Gasteiger partial charge in [0.2, 0.25) is 0 Å². The Morgan fingerprint density at radius 2 is 2.22 bits per heavy atom. The third kappa shape index (κ3) is 1.84. The fraction of sp³-hybridized carbons (Fsp3) is 0.231. The molecule has 5 heteroatoms. The Labute approximate surface area is 104 Å². The number of nitrogens with zero attached hydrogens (tertiary/aromatic N) is 1. The maximum absolute atomic E-state index is 11.2. The Bertz CT molecular complexity index is 623. The van der Waals surface area contributed by atoms with Crippen LogP contribution >= 0.6 is 0 Å². The Morgan fingerprint density at radius 3 is 2.78 bits per heavy atom. The third-order valence-corrected chi connectivity index (χ3v) is 2.86. The molecule has 2 aromatic rings. The van der Waals surface area contributed by atoms with Crippen molar-refractivity contribution in [2.75, 3.05) is 12.8 Å². The highest BCUT2D eigenvalue weighted by Gasteiger charge is 2.17. The normalized spacial score (nSPS) is 10.6. The van der Waals surface area contributed by atoms with Crippen LogP contribution in [0.25, 0.3) is 10.9 Å². The van der Waals surface area contributed by atoms with Gasteiger partial charge in [0.05, 0.1) is 24.0 Å². The fourth-order valence-corrected chi connectivity index (χ4v) is 1.94. The summed E-state index contributed by atoms with van der Waals surface area (Å²) in [6.45, 7) is 1.85. The topological polar surface area (TPSA) is 85.4 Å². The number of hydrogen-bond donors (Lipinski definition) is 2. The van der Waals surface area contributed by atoms with Gasteiger partial charge in [0.25, 0.3) is 0 Å². The molecule has 0 aliphatic carbocycles. The molecule has 1 aromatic heterocycles. The Balaban J connectivity index is 2.83. The summed E-state index contributed by atoms with van der Waals surface area (Å²) < 4.78 is 5.10. The minimum absolute atomic E-state index is 0.0817. The Morgan fingerprint density at radius 1 is 1.50 bits per heavy atom. The second kappa shape index (κ2) is 4.52. The van der Waals surface area contributed by atoms with E-state index in [1.54, 1.807) is 25.3 Å². The summed E-state index contributed by atoms with van der Waals surface area (Å²) in [6.07, 6.45) is 0.522. The van der Waals surface area contributed by atoms with E-state index in [1.807, 2.05) is 6.92 Å². The van der Waals surface area contributed by atoms with E-state index in [2.05, 4.69) is 4.98 Å². The second-order valence-corrected chi connectivity index (χ2v) is 3.89. The largest absolute Gasteiger partial charge is 0.497 e. The first-order chi connectivity index (χ1) is 8.58. The standard InChI is InChI=1S/C13H14N2O3/c1-3-9-11(13(16)17)12(14)8-6-7(18-2)4-5-10(8)15-9/h4-6H,3H2,1-2H3,(H2,14,15)(H,16,17). The molecule has 0 aliphatic heterocycles. The van der Waals surface area contributed by atoms with Crippen molar-refractivity contribution in [2.24, 2.45) is 0 Å². The van der Waals surface area contributed by atoms with Crippen molar-refractivity contribution in [1.82, 2.24) is 4.98 Å². The lowest BCUT2D eigenvalue weighted by molar-refractivity contribution is 0.0696. The van der Waals surface area contributed by atoms with Crippen molar-refractivity contribution in [1.29, 1.82) is 0 Å². The number of pyridine rings is 1. The Hall–Kier alpha value is -2.30. The number of aromatic nitrogens is 1. The zero-order valence-electron chi connectivity index (χ0n) is 10.2. The molecule has 0 fully saturated rings. The van der Waals surface area contributed by atoms with Crippen LogP contribution in [0.5, 0.6) is 5.75 Å². The quantitative estimate of drug-likeness (QED) is 0.866. The molecule has 0 atom stereocenters. The average Bonchev–Trinajstić information content (AvgIpc) is 2.37. The first kappa shape index (κ1) is 12.2. The molecule has 2 rings (SSSR count). The lowest BCUT2D eigenvalue weighted by Gasteiger charge is -2.11. The van der Waals surface area contributed by atoms with Crippen LogP contribution in [0.2, 0.25) is 0 Å². The maximum Gasteiger partial charge on any atom is 0.339 e. The molecule has 5 nitrogen and oxygen atoms in total. The number of carboxylic acid groups (broad SMARTS) is 1. The number of rotatable bonds is 3. The molecule has 18 heavy (non-hydrogen) atoms. The highest BCUT2D eigenvalue weighted by molar-refractivity contribution is 6.04. The number of ether oxygens (including phenoxy) is 1. The van der Waals surface area contributed by atoms with Crippen LogP contribution in [0.3, 0.4) is 0 Å². The van der Waals surface area contributed by atoms with E-state index >= 15 is 0 Å². The van der Waals surface area contributed by atoms with Crippen molar-refractivity contribution >= 4 is 22.6 Å². The number of carboxylic acids is 1. The molecule has 1 heterocycles. The third-order valence-electron chi connectivity index (χ3n) is 2.86. The van der Waals surface area contributed by atoms with Crippen molar-refractivity contribution in [3.05, 3.63) is 29.5 Å². The smallest absolute Gasteiger partial charge is 0.339 e. The minimum atomic E-state index is -1.05.